The maximum absolute atomic E-state index is 11.8. The molecule has 1 unspecified atom stereocenters. The number of hydrogen-bond acceptors (Lipinski definition) is 3. The van der Waals surface area contributed by atoms with E-state index in [-0.39, 0.29) is 5.91 Å². The zero-order chi connectivity index (χ0) is 14.1. The molecule has 1 aliphatic rings. The van der Waals surface area contributed by atoms with Gasteiger partial charge in [-0.25, -0.2) is 0 Å². The van der Waals surface area contributed by atoms with Crippen molar-refractivity contribution >= 4 is 5.91 Å². The number of carbonyl (C=O) groups is 1. The average Bonchev–Trinajstić information content (AvgIpc) is 2.38. The van der Waals surface area contributed by atoms with Gasteiger partial charge in [0.25, 0.3) is 0 Å². The Hall–Kier alpha value is -0.610. The van der Waals surface area contributed by atoms with E-state index in [0.717, 1.165) is 6.42 Å². The summed E-state index contributed by atoms with van der Waals surface area (Å²) in [4.78, 5) is 11.8. The Bertz CT molecular complexity index is 262. The Morgan fingerprint density at radius 1 is 1.37 bits per heavy atom. The summed E-state index contributed by atoms with van der Waals surface area (Å²) in [6.07, 6.45) is 6.56. The van der Waals surface area contributed by atoms with Gasteiger partial charge in [0.05, 0.1) is 5.60 Å². The minimum absolute atomic E-state index is 0.0592. The van der Waals surface area contributed by atoms with Crippen LogP contribution in [0.2, 0.25) is 0 Å². The molecule has 0 bridgehead atoms. The van der Waals surface area contributed by atoms with Crippen molar-refractivity contribution in [2.24, 2.45) is 5.92 Å². The van der Waals surface area contributed by atoms with Gasteiger partial charge < -0.3 is 15.2 Å². The summed E-state index contributed by atoms with van der Waals surface area (Å²) < 4.78 is 5.22. The first-order chi connectivity index (χ1) is 9.06. The molecule has 0 aromatic heterocycles. The molecule has 1 fully saturated rings. The van der Waals surface area contributed by atoms with Crippen LogP contribution in [0.1, 0.15) is 58.8 Å². The maximum Gasteiger partial charge on any atom is 0.220 e. The maximum atomic E-state index is 11.8. The molecule has 19 heavy (non-hydrogen) atoms. The number of amides is 1. The van der Waals surface area contributed by atoms with Crippen LogP contribution in [0.15, 0.2) is 0 Å². The third-order valence-electron chi connectivity index (χ3n) is 3.87. The highest BCUT2D eigenvalue weighted by Gasteiger charge is 2.30. The lowest BCUT2D eigenvalue weighted by Crippen LogP contribution is -2.46. The quantitative estimate of drug-likeness (QED) is 0.666. The largest absolute Gasteiger partial charge is 0.388 e. The van der Waals surface area contributed by atoms with E-state index in [4.69, 9.17) is 4.74 Å². The highest BCUT2D eigenvalue weighted by molar-refractivity contribution is 5.76. The van der Waals surface area contributed by atoms with Crippen molar-refractivity contribution in [3.63, 3.8) is 0 Å². The predicted molar refractivity (Wildman–Crippen MR) is 75.9 cm³/mol. The lowest BCUT2D eigenvalue weighted by Gasteiger charge is -2.32. The topological polar surface area (TPSA) is 58.6 Å². The highest BCUT2D eigenvalue weighted by atomic mass is 16.5. The van der Waals surface area contributed by atoms with Crippen LogP contribution in [0.25, 0.3) is 0 Å². The van der Waals surface area contributed by atoms with Gasteiger partial charge in [0, 0.05) is 39.0 Å². The molecule has 0 spiro atoms. The van der Waals surface area contributed by atoms with Crippen molar-refractivity contribution in [1.82, 2.24) is 5.32 Å². The number of carbonyl (C=O) groups excluding carboxylic acids is 1. The standard InChI is InChI=1S/C15H29NO3/c1-3-4-5-6-13(2)11-14(17)16-12-15(18)7-9-19-10-8-15/h13,18H,3-12H2,1-2H3,(H,16,17). The monoisotopic (exact) mass is 271 g/mol. The summed E-state index contributed by atoms with van der Waals surface area (Å²) in [6.45, 7) is 5.83. The summed E-state index contributed by atoms with van der Waals surface area (Å²) in [5.41, 5.74) is -0.765. The number of aliphatic hydroxyl groups is 1. The highest BCUT2D eigenvalue weighted by Crippen LogP contribution is 2.19. The van der Waals surface area contributed by atoms with Gasteiger partial charge in [-0.15, -0.1) is 0 Å². The first-order valence-electron chi connectivity index (χ1n) is 7.62. The zero-order valence-electron chi connectivity index (χ0n) is 12.4. The summed E-state index contributed by atoms with van der Waals surface area (Å²) >= 11 is 0. The van der Waals surface area contributed by atoms with Crippen molar-refractivity contribution in [2.75, 3.05) is 19.8 Å². The minimum atomic E-state index is -0.765. The van der Waals surface area contributed by atoms with Crippen molar-refractivity contribution in [2.45, 2.75) is 64.4 Å². The Labute approximate surface area is 116 Å². The first kappa shape index (κ1) is 16.4. The molecule has 112 valence electrons. The average molecular weight is 271 g/mol. The molecule has 0 aromatic carbocycles. The molecule has 4 nitrogen and oxygen atoms in total. The van der Waals surface area contributed by atoms with Gasteiger partial charge in [0.1, 0.15) is 0 Å². The van der Waals surface area contributed by atoms with Crippen molar-refractivity contribution in [3.8, 4) is 0 Å². The van der Waals surface area contributed by atoms with Gasteiger partial charge >= 0.3 is 0 Å². The molecule has 4 heteroatoms. The third-order valence-corrected chi connectivity index (χ3v) is 3.87. The first-order valence-corrected chi connectivity index (χ1v) is 7.62. The van der Waals surface area contributed by atoms with E-state index in [9.17, 15) is 9.90 Å². The van der Waals surface area contributed by atoms with Gasteiger partial charge in [-0.2, -0.15) is 0 Å². The molecule has 0 aliphatic carbocycles. The Balaban J connectivity index is 2.16. The second kappa shape index (κ2) is 8.54. The summed E-state index contributed by atoms with van der Waals surface area (Å²) in [5.74, 6) is 0.486. The Morgan fingerprint density at radius 3 is 2.68 bits per heavy atom. The Kier molecular flexibility index (Phi) is 7.39. The lowest BCUT2D eigenvalue weighted by molar-refractivity contribution is -0.124. The number of nitrogens with one attached hydrogen (secondary N) is 1. The molecular formula is C15H29NO3. The van der Waals surface area contributed by atoms with Crippen LogP contribution in [-0.2, 0) is 9.53 Å². The molecule has 2 N–H and O–H groups in total. The SMILES string of the molecule is CCCCCC(C)CC(=O)NCC1(O)CCOCC1. The molecule has 1 amide bonds. The van der Waals surface area contributed by atoms with Crippen LogP contribution in [0.5, 0.6) is 0 Å². The number of unbranched alkanes of at least 4 members (excludes halogenated alkanes) is 2. The van der Waals surface area contributed by atoms with E-state index in [1.807, 2.05) is 0 Å². The second-order valence-electron chi connectivity index (χ2n) is 5.92. The van der Waals surface area contributed by atoms with Crippen LogP contribution in [0.3, 0.4) is 0 Å². The van der Waals surface area contributed by atoms with Crippen molar-refractivity contribution < 1.29 is 14.6 Å². The fraction of sp³-hybridized carbons (Fsp3) is 0.933. The number of rotatable bonds is 8. The van der Waals surface area contributed by atoms with Gasteiger partial charge in [-0.3, -0.25) is 4.79 Å². The molecule has 1 saturated heterocycles. The fourth-order valence-electron chi connectivity index (χ4n) is 2.42. The van der Waals surface area contributed by atoms with Crippen LogP contribution in [-0.4, -0.2) is 36.4 Å². The number of ether oxygens (including phenoxy) is 1. The van der Waals surface area contributed by atoms with E-state index >= 15 is 0 Å². The van der Waals surface area contributed by atoms with Crippen molar-refractivity contribution in [1.29, 1.82) is 0 Å². The molecular weight excluding hydrogens is 242 g/mol. The molecule has 1 heterocycles. The van der Waals surface area contributed by atoms with E-state index in [1.54, 1.807) is 0 Å². The third kappa shape index (κ3) is 6.92. The van der Waals surface area contributed by atoms with Gasteiger partial charge in [0.2, 0.25) is 5.91 Å². The minimum Gasteiger partial charge on any atom is -0.388 e. The molecule has 0 radical (unpaired) electrons. The van der Waals surface area contributed by atoms with E-state index in [0.29, 0.717) is 44.9 Å². The smallest absolute Gasteiger partial charge is 0.220 e. The molecule has 0 saturated carbocycles. The normalized spacial score (nSPS) is 19.9. The summed E-state index contributed by atoms with van der Waals surface area (Å²) in [6, 6.07) is 0. The molecule has 1 aliphatic heterocycles. The van der Waals surface area contributed by atoms with Crippen LogP contribution < -0.4 is 5.32 Å². The van der Waals surface area contributed by atoms with Gasteiger partial charge in [-0.05, 0) is 5.92 Å². The van der Waals surface area contributed by atoms with Gasteiger partial charge in [0.15, 0.2) is 0 Å². The van der Waals surface area contributed by atoms with E-state index in [2.05, 4.69) is 19.2 Å². The molecule has 0 aromatic rings. The Morgan fingerprint density at radius 2 is 2.05 bits per heavy atom. The van der Waals surface area contributed by atoms with Crippen LogP contribution >= 0.6 is 0 Å². The lowest BCUT2D eigenvalue weighted by atomic mass is 9.94. The van der Waals surface area contributed by atoms with Crippen molar-refractivity contribution in [3.05, 3.63) is 0 Å². The summed E-state index contributed by atoms with van der Waals surface area (Å²) in [5, 5.41) is 13.1. The molecule has 1 rings (SSSR count). The van der Waals surface area contributed by atoms with E-state index in [1.165, 1.54) is 19.3 Å². The van der Waals surface area contributed by atoms with E-state index < -0.39 is 5.60 Å². The summed E-state index contributed by atoms with van der Waals surface area (Å²) in [7, 11) is 0. The fourth-order valence-corrected chi connectivity index (χ4v) is 2.42. The molecule has 1 atom stereocenters. The number of hydrogen-bond donors (Lipinski definition) is 2. The van der Waals surface area contributed by atoms with Crippen LogP contribution in [0.4, 0.5) is 0 Å². The zero-order valence-corrected chi connectivity index (χ0v) is 12.4. The second-order valence-corrected chi connectivity index (χ2v) is 5.92. The van der Waals surface area contributed by atoms with Gasteiger partial charge in [-0.1, -0.05) is 39.5 Å². The predicted octanol–water partition coefficient (Wildman–Crippen LogP) is 2.25. The van der Waals surface area contributed by atoms with Crippen LogP contribution in [0, 0.1) is 5.92 Å².